The molecule has 0 aromatic carbocycles. The maximum Gasteiger partial charge on any atom is 0.393 e. The molecule has 2 nitrogen and oxygen atoms in total. The zero-order chi connectivity index (χ0) is 14.3. The molecule has 0 radical (unpaired) electrons. The zero-order valence-electron chi connectivity index (χ0n) is 12.1. The van der Waals surface area contributed by atoms with Crippen molar-refractivity contribution in [2.45, 2.75) is 58.2 Å². The Balaban J connectivity index is 2.26. The molecule has 2 atom stereocenters. The van der Waals surface area contributed by atoms with Gasteiger partial charge in [-0.05, 0) is 58.7 Å². The molecule has 0 bridgehead atoms. The molecule has 19 heavy (non-hydrogen) atoms. The van der Waals surface area contributed by atoms with Crippen molar-refractivity contribution in [1.29, 1.82) is 0 Å². The van der Waals surface area contributed by atoms with E-state index in [0.29, 0.717) is 12.8 Å². The summed E-state index contributed by atoms with van der Waals surface area (Å²) in [6.07, 6.45) is 0.0685. The van der Waals surface area contributed by atoms with Gasteiger partial charge in [-0.15, -0.1) is 0 Å². The van der Waals surface area contributed by atoms with Gasteiger partial charge in [-0.1, -0.05) is 6.92 Å². The molecular weight excluding hydrogens is 253 g/mol. The molecule has 1 N–H and O–H groups in total. The molecule has 1 fully saturated rings. The lowest BCUT2D eigenvalue weighted by molar-refractivity contribution is -0.188. The van der Waals surface area contributed by atoms with Crippen molar-refractivity contribution in [2.24, 2.45) is 5.92 Å². The average molecular weight is 280 g/mol. The number of hydrogen-bond donors (Lipinski definition) is 1. The van der Waals surface area contributed by atoms with E-state index in [0.717, 1.165) is 38.9 Å². The molecule has 0 saturated carbocycles. The molecule has 1 rings (SSSR count). The van der Waals surface area contributed by atoms with Crippen LogP contribution < -0.4 is 5.32 Å². The third-order valence-electron chi connectivity index (χ3n) is 3.94. The lowest BCUT2D eigenvalue weighted by Crippen LogP contribution is -2.45. The Morgan fingerprint density at radius 1 is 1.32 bits per heavy atom. The quantitative estimate of drug-likeness (QED) is 0.719. The molecule has 1 heterocycles. The van der Waals surface area contributed by atoms with Crippen molar-refractivity contribution in [1.82, 2.24) is 10.2 Å². The molecule has 1 aliphatic heterocycles. The third-order valence-corrected chi connectivity index (χ3v) is 3.94. The third kappa shape index (κ3) is 6.13. The summed E-state index contributed by atoms with van der Waals surface area (Å²) in [7, 11) is 0. The second-order valence-electron chi connectivity index (χ2n) is 5.62. The van der Waals surface area contributed by atoms with E-state index in [1.807, 2.05) is 4.90 Å². The Hall–Kier alpha value is -0.290. The largest absolute Gasteiger partial charge is 0.393 e. The summed E-state index contributed by atoms with van der Waals surface area (Å²) in [6, 6.07) is 0.258. The van der Waals surface area contributed by atoms with E-state index in [-0.39, 0.29) is 12.6 Å². The number of halogens is 3. The van der Waals surface area contributed by atoms with Crippen molar-refractivity contribution >= 4 is 0 Å². The first kappa shape index (κ1) is 16.8. The normalized spacial score (nSPS) is 23.5. The highest BCUT2D eigenvalue weighted by Gasteiger charge is 2.42. The average Bonchev–Trinajstić information content (AvgIpc) is 2.37. The lowest BCUT2D eigenvalue weighted by Gasteiger charge is -2.37. The van der Waals surface area contributed by atoms with E-state index in [1.165, 1.54) is 0 Å². The van der Waals surface area contributed by atoms with Gasteiger partial charge in [-0.25, -0.2) is 0 Å². The van der Waals surface area contributed by atoms with Gasteiger partial charge in [-0.3, -0.25) is 0 Å². The van der Waals surface area contributed by atoms with Crippen molar-refractivity contribution in [2.75, 3.05) is 26.2 Å². The Kier molecular flexibility index (Phi) is 7.15. The predicted molar refractivity (Wildman–Crippen MR) is 72.2 cm³/mol. The van der Waals surface area contributed by atoms with Crippen LogP contribution in [0.5, 0.6) is 0 Å². The molecule has 0 aromatic heterocycles. The summed E-state index contributed by atoms with van der Waals surface area (Å²) in [6.45, 7) is 7.17. The highest BCUT2D eigenvalue weighted by Crippen LogP contribution is 2.33. The van der Waals surface area contributed by atoms with Gasteiger partial charge in [0.25, 0.3) is 0 Å². The molecule has 1 aliphatic rings. The van der Waals surface area contributed by atoms with E-state index in [2.05, 4.69) is 19.2 Å². The molecule has 0 aromatic rings. The first-order chi connectivity index (χ1) is 8.95. The fraction of sp³-hybridized carbons (Fsp3) is 1.00. The fourth-order valence-corrected chi connectivity index (χ4v) is 2.68. The fourth-order valence-electron chi connectivity index (χ4n) is 2.68. The van der Waals surface area contributed by atoms with Gasteiger partial charge in [0.2, 0.25) is 0 Å². The predicted octanol–water partition coefficient (Wildman–Crippen LogP) is 3.43. The molecule has 114 valence electrons. The van der Waals surface area contributed by atoms with Crippen molar-refractivity contribution < 1.29 is 13.2 Å². The first-order valence-corrected chi connectivity index (χ1v) is 7.46. The van der Waals surface area contributed by atoms with Gasteiger partial charge in [0.05, 0.1) is 5.92 Å². The summed E-state index contributed by atoms with van der Waals surface area (Å²) in [4.78, 5) is 2.02. The van der Waals surface area contributed by atoms with Crippen LogP contribution in [0, 0.1) is 5.92 Å². The van der Waals surface area contributed by atoms with Gasteiger partial charge < -0.3 is 10.2 Å². The Labute approximate surface area is 114 Å². The first-order valence-electron chi connectivity index (χ1n) is 7.46. The molecule has 0 aliphatic carbocycles. The van der Waals surface area contributed by atoms with Crippen LogP contribution in [0.25, 0.3) is 0 Å². The highest BCUT2D eigenvalue weighted by atomic mass is 19.4. The molecule has 1 saturated heterocycles. The minimum atomic E-state index is -4.03. The van der Waals surface area contributed by atoms with Crippen LogP contribution in [0.1, 0.15) is 46.0 Å². The smallest absolute Gasteiger partial charge is 0.317 e. The highest BCUT2D eigenvalue weighted by molar-refractivity contribution is 4.81. The topological polar surface area (TPSA) is 15.3 Å². The van der Waals surface area contributed by atoms with Gasteiger partial charge >= 0.3 is 6.18 Å². The summed E-state index contributed by atoms with van der Waals surface area (Å²) in [5.41, 5.74) is 0. The molecule has 2 unspecified atom stereocenters. The van der Waals surface area contributed by atoms with Crippen LogP contribution in [0.3, 0.4) is 0 Å². The summed E-state index contributed by atoms with van der Waals surface area (Å²) in [5, 5.41) is 3.33. The Bertz CT molecular complexity index is 243. The van der Waals surface area contributed by atoms with E-state index in [1.54, 1.807) is 0 Å². The number of likely N-dealkylation sites (tertiary alicyclic amines) is 1. The van der Waals surface area contributed by atoms with Crippen LogP contribution >= 0.6 is 0 Å². The molecular formula is C14H27F3N2. The van der Waals surface area contributed by atoms with Gasteiger partial charge in [-0.2, -0.15) is 13.2 Å². The monoisotopic (exact) mass is 280 g/mol. The minimum absolute atomic E-state index is 0.188. The standard InChI is InChI=1S/C14H27F3N2/c1-3-8-18-9-4-6-12(2)19-10-5-7-13(11-19)14(15,16)17/h12-13,18H,3-11H2,1-2H3. The van der Waals surface area contributed by atoms with Gasteiger partial charge in [0, 0.05) is 12.6 Å². The molecule has 0 spiro atoms. The van der Waals surface area contributed by atoms with Gasteiger partial charge in [0.1, 0.15) is 0 Å². The van der Waals surface area contributed by atoms with E-state index < -0.39 is 12.1 Å². The second kappa shape index (κ2) is 8.10. The Morgan fingerprint density at radius 2 is 2.05 bits per heavy atom. The van der Waals surface area contributed by atoms with E-state index in [4.69, 9.17) is 0 Å². The number of hydrogen-bond acceptors (Lipinski definition) is 2. The van der Waals surface area contributed by atoms with Crippen molar-refractivity contribution in [3.8, 4) is 0 Å². The lowest BCUT2D eigenvalue weighted by atomic mass is 9.95. The number of nitrogens with zero attached hydrogens (tertiary/aromatic N) is 1. The maximum atomic E-state index is 12.7. The van der Waals surface area contributed by atoms with E-state index >= 15 is 0 Å². The Morgan fingerprint density at radius 3 is 2.68 bits per heavy atom. The van der Waals surface area contributed by atoms with Gasteiger partial charge in [0.15, 0.2) is 0 Å². The number of piperidine rings is 1. The molecule has 5 heteroatoms. The summed E-state index contributed by atoms with van der Waals surface area (Å²) in [5.74, 6) is -1.12. The van der Waals surface area contributed by atoms with Crippen molar-refractivity contribution in [3.63, 3.8) is 0 Å². The zero-order valence-corrected chi connectivity index (χ0v) is 12.1. The van der Waals surface area contributed by atoms with Crippen LogP contribution in [-0.4, -0.2) is 43.3 Å². The number of alkyl halides is 3. The van der Waals surface area contributed by atoms with Crippen molar-refractivity contribution in [3.05, 3.63) is 0 Å². The summed E-state index contributed by atoms with van der Waals surface area (Å²) < 4.78 is 38.2. The second-order valence-corrected chi connectivity index (χ2v) is 5.62. The van der Waals surface area contributed by atoms with Crippen LogP contribution in [-0.2, 0) is 0 Å². The van der Waals surface area contributed by atoms with Crippen LogP contribution in [0.2, 0.25) is 0 Å². The summed E-state index contributed by atoms with van der Waals surface area (Å²) >= 11 is 0. The van der Waals surface area contributed by atoms with Crippen LogP contribution in [0.15, 0.2) is 0 Å². The minimum Gasteiger partial charge on any atom is -0.317 e. The van der Waals surface area contributed by atoms with E-state index in [9.17, 15) is 13.2 Å². The van der Waals surface area contributed by atoms with Crippen LogP contribution in [0.4, 0.5) is 13.2 Å². The molecule has 0 amide bonds. The SMILES string of the molecule is CCCNCCCC(C)N1CCCC(C(F)(F)F)C1. The number of nitrogens with one attached hydrogen (secondary N) is 1. The number of rotatable bonds is 7. The maximum absolute atomic E-state index is 12.7.